The molecule has 6 heteroatoms. The van der Waals surface area contributed by atoms with Crippen molar-refractivity contribution >= 4 is 11.6 Å². The van der Waals surface area contributed by atoms with Crippen LogP contribution in [0, 0.1) is 29.6 Å². The van der Waals surface area contributed by atoms with Gasteiger partial charge in [0.05, 0.1) is 25.2 Å². The van der Waals surface area contributed by atoms with Gasteiger partial charge in [-0.2, -0.15) is 0 Å². The topological polar surface area (TPSA) is 106 Å². The molecule has 2 aliphatic rings. The predicted molar refractivity (Wildman–Crippen MR) is 136 cm³/mol. The third kappa shape index (κ3) is 9.88. The highest BCUT2D eigenvalue weighted by Gasteiger charge is 2.39. The molecule has 0 aromatic rings. The maximum Gasteiger partial charge on any atom is 0.162 e. The minimum absolute atomic E-state index is 0.000930. The Kier molecular flexibility index (Phi) is 13.0. The second-order valence-corrected chi connectivity index (χ2v) is 11.4. The Morgan fingerprint density at radius 3 is 2.62 bits per heavy atom. The largest absolute Gasteiger partial charge is 0.390 e. The van der Waals surface area contributed by atoms with Crippen molar-refractivity contribution in [3.8, 4) is 0 Å². The molecule has 5 N–H and O–H groups in total. The Morgan fingerprint density at radius 2 is 1.94 bits per heavy atom. The summed E-state index contributed by atoms with van der Waals surface area (Å²) >= 11 is 0. The molecule has 1 aliphatic heterocycles. The number of allylic oxidation sites excluding steroid dienone is 2. The van der Waals surface area contributed by atoms with Crippen LogP contribution in [0.3, 0.4) is 0 Å². The van der Waals surface area contributed by atoms with E-state index >= 15 is 0 Å². The van der Waals surface area contributed by atoms with E-state index in [-0.39, 0.29) is 36.2 Å². The SMILES string of the molecule is CCCCCC(=O)CC(=O)C=CC1CC(OC)C(O)CC1CC1C[NH2+]C(N)C(CCC(C)C)C1. The van der Waals surface area contributed by atoms with Crippen molar-refractivity contribution < 1.29 is 24.7 Å². The first-order valence-corrected chi connectivity index (χ1v) is 13.8. The maximum atomic E-state index is 12.4. The molecule has 0 bridgehead atoms. The Balaban J connectivity index is 1.97. The van der Waals surface area contributed by atoms with Gasteiger partial charge in [-0.05, 0) is 62.4 Å². The minimum Gasteiger partial charge on any atom is -0.390 e. The fourth-order valence-electron chi connectivity index (χ4n) is 5.86. The van der Waals surface area contributed by atoms with E-state index in [9.17, 15) is 14.7 Å². The van der Waals surface area contributed by atoms with Crippen LogP contribution in [0.25, 0.3) is 0 Å². The first-order valence-electron chi connectivity index (χ1n) is 13.8. The molecule has 1 saturated carbocycles. The molecule has 6 nitrogen and oxygen atoms in total. The molecule has 2 rings (SSSR count). The van der Waals surface area contributed by atoms with Gasteiger partial charge in [0.15, 0.2) is 5.78 Å². The average molecular weight is 480 g/mol. The van der Waals surface area contributed by atoms with Crippen molar-refractivity contribution in [1.82, 2.24) is 0 Å². The third-order valence-corrected chi connectivity index (χ3v) is 8.02. The van der Waals surface area contributed by atoms with E-state index in [1.165, 1.54) is 12.8 Å². The van der Waals surface area contributed by atoms with E-state index < -0.39 is 6.10 Å². The molecule has 1 saturated heterocycles. The third-order valence-electron chi connectivity index (χ3n) is 8.02. The number of carbonyl (C=O) groups is 2. The summed E-state index contributed by atoms with van der Waals surface area (Å²) in [6.07, 6.45) is 12.6. The van der Waals surface area contributed by atoms with Crippen molar-refractivity contribution in [2.45, 2.75) is 110 Å². The van der Waals surface area contributed by atoms with Crippen molar-refractivity contribution in [2.24, 2.45) is 35.3 Å². The number of unbranched alkanes of at least 4 members (excludes halogenated alkanes) is 2. The second kappa shape index (κ2) is 15.1. The highest BCUT2D eigenvalue weighted by molar-refractivity contribution is 6.04. The highest BCUT2D eigenvalue weighted by atomic mass is 16.5. The van der Waals surface area contributed by atoms with Gasteiger partial charge in [0.1, 0.15) is 11.9 Å². The summed E-state index contributed by atoms with van der Waals surface area (Å²) < 4.78 is 5.54. The molecule has 2 fully saturated rings. The van der Waals surface area contributed by atoms with Crippen LogP contribution in [0.1, 0.15) is 91.4 Å². The Morgan fingerprint density at radius 1 is 1.18 bits per heavy atom. The van der Waals surface area contributed by atoms with Gasteiger partial charge < -0.3 is 15.2 Å². The summed E-state index contributed by atoms with van der Waals surface area (Å²) in [7, 11) is 1.64. The lowest BCUT2D eigenvalue weighted by Crippen LogP contribution is -2.97. The summed E-state index contributed by atoms with van der Waals surface area (Å²) in [5.41, 5.74) is 6.42. The summed E-state index contributed by atoms with van der Waals surface area (Å²) in [5.74, 6) is 2.22. The number of piperidine rings is 1. The molecule has 1 heterocycles. The molecule has 0 aromatic heterocycles. The number of Topliss-reactive ketones (excluding diaryl/α,β-unsaturated/α-hetero) is 1. The standard InChI is InChI=1S/C28H50N2O4/c1-5-6-7-8-24(31)17-25(32)12-11-21-16-27(34-4)26(33)15-23(21)14-20-13-22(10-9-19(2)3)28(29)30-18-20/h11-12,19-23,26-28,30,33H,5-10,13-18,29H2,1-4H3/p+1. The average Bonchev–Trinajstić information content (AvgIpc) is 2.79. The quantitative estimate of drug-likeness (QED) is 0.201. The van der Waals surface area contributed by atoms with Crippen molar-refractivity contribution in [2.75, 3.05) is 13.7 Å². The van der Waals surface area contributed by atoms with Crippen molar-refractivity contribution in [3.63, 3.8) is 0 Å². The molecule has 0 amide bonds. The first-order chi connectivity index (χ1) is 16.2. The van der Waals surface area contributed by atoms with Gasteiger partial charge in [-0.3, -0.25) is 15.3 Å². The number of hydrogen-bond donors (Lipinski definition) is 3. The van der Waals surface area contributed by atoms with Gasteiger partial charge in [-0.25, -0.2) is 0 Å². The number of aliphatic hydroxyl groups excluding tert-OH is 1. The molecule has 0 spiro atoms. The van der Waals surface area contributed by atoms with E-state index in [0.29, 0.717) is 42.9 Å². The van der Waals surface area contributed by atoms with Crippen LogP contribution in [-0.2, 0) is 14.3 Å². The van der Waals surface area contributed by atoms with Crippen LogP contribution in [0.2, 0.25) is 0 Å². The summed E-state index contributed by atoms with van der Waals surface area (Å²) in [6, 6.07) is 0. The van der Waals surface area contributed by atoms with Crippen LogP contribution in [0.4, 0.5) is 0 Å². The van der Waals surface area contributed by atoms with Crippen LogP contribution >= 0.6 is 0 Å². The van der Waals surface area contributed by atoms with Crippen LogP contribution in [0.5, 0.6) is 0 Å². The molecule has 0 aromatic carbocycles. The summed E-state index contributed by atoms with van der Waals surface area (Å²) in [6.45, 7) is 7.67. The molecule has 1 aliphatic carbocycles. The zero-order chi connectivity index (χ0) is 25.1. The van der Waals surface area contributed by atoms with E-state index in [1.54, 1.807) is 13.2 Å². The lowest BCUT2D eigenvalue weighted by molar-refractivity contribution is -0.710. The zero-order valence-corrected chi connectivity index (χ0v) is 22.1. The van der Waals surface area contributed by atoms with Gasteiger partial charge in [-0.1, -0.05) is 46.1 Å². The number of hydrogen-bond acceptors (Lipinski definition) is 5. The van der Waals surface area contributed by atoms with Crippen LogP contribution < -0.4 is 11.1 Å². The molecule has 196 valence electrons. The van der Waals surface area contributed by atoms with E-state index in [4.69, 9.17) is 10.5 Å². The normalized spacial score (nSPS) is 32.4. The monoisotopic (exact) mass is 479 g/mol. The number of quaternary nitrogens is 1. The molecular weight excluding hydrogens is 428 g/mol. The fourth-order valence-corrected chi connectivity index (χ4v) is 5.86. The zero-order valence-electron chi connectivity index (χ0n) is 22.1. The van der Waals surface area contributed by atoms with Crippen LogP contribution in [-0.4, -0.2) is 48.7 Å². The van der Waals surface area contributed by atoms with Crippen molar-refractivity contribution in [3.05, 3.63) is 12.2 Å². The predicted octanol–water partition coefficient (Wildman–Crippen LogP) is 3.36. The van der Waals surface area contributed by atoms with Gasteiger partial charge in [-0.15, -0.1) is 0 Å². The summed E-state index contributed by atoms with van der Waals surface area (Å²) in [4.78, 5) is 24.5. The number of ether oxygens (including phenoxy) is 1. The number of methoxy groups -OCH3 is 1. The van der Waals surface area contributed by atoms with Crippen molar-refractivity contribution in [1.29, 1.82) is 0 Å². The molecular formula is C28H51N2O4+. The van der Waals surface area contributed by atoms with Crippen LogP contribution in [0.15, 0.2) is 12.2 Å². The number of carbonyl (C=O) groups excluding carboxylic acids is 2. The Hall–Kier alpha value is -1.08. The Bertz CT molecular complexity index is 650. The lowest BCUT2D eigenvalue weighted by Gasteiger charge is -2.40. The number of aliphatic hydroxyl groups is 1. The minimum atomic E-state index is -0.470. The number of rotatable bonds is 14. The van der Waals surface area contributed by atoms with Gasteiger partial charge in [0.2, 0.25) is 0 Å². The molecule has 7 atom stereocenters. The molecule has 34 heavy (non-hydrogen) atoms. The maximum absolute atomic E-state index is 12.4. The van der Waals surface area contributed by atoms with E-state index in [2.05, 4.69) is 26.1 Å². The summed E-state index contributed by atoms with van der Waals surface area (Å²) in [5, 5.41) is 12.9. The van der Waals surface area contributed by atoms with E-state index in [1.807, 2.05) is 6.08 Å². The number of nitrogens with two attached hydrogens (primary N) is 2. The first kappa shape index (κ1) is 29.2. The van der Waals surface area contributed by atoms with Gasteiger partial charge >= 0.3 is 0 Å². The second-order valence-electron chi connectivity index (χ2n) is 11.4. The number of ketones is 2. The Labute approximate surface area is 207 Å². The lowest BCUT2D eigenvalue weighted by atomic mass is 9.70. The highest BCUT2D eigenvalue weighted by Crippen LogP contribution is 2.38. The molecule has 7 unspecified atom stereocenters. The fraction of sp³-hybridized carbons (Fsp3) is 0.857. The van der Waals surface area contributed by atoms with E-state index in [0.717, 1.165) is 38.6 Å². The van der Waals surface area contributed by atoms with Gasteiger partial charge in [0, 0.05) is 25.4 Å². The smallest absolute Gasteiger partial charge is 0.162 e. The van der Waals surface area contributed by atoms with Gasteiger partial charge in [0.25, 0.3) is 0 Å². The molecule has 0 radical (unpaired) electrons.